The molecule has 5 atom stereocenters. The zero-order valence-electron chi connectivity index (χ0n) is 32.3. The quantitative estimate of drug-likeness (QED) is 0.0789. The Balaban J connectivity index is 1.73. The number of ether oxygens (including phenoxy) is 6. The number of amides is 1. The molecule has 1 unspecified atom stereocenters. The van der Waals surface area contributed by atoms with E-state index in [1.807, 2.05) is 6.92 Å². The van der Waals surface area contributed by atoms with Gasteiger partial charge in [0.1, 0.15) is 11.7 Å². The normalized spacial score (nSPS) is 22.8. The molecular formula is C34H57ClN5O12P. The highest BCUT2D eigenvalue weighted by Gasteiger charge is 2.55. The summed E-state index contributed by atoms with van der Waals surface area (Å²) in [6, 6.07) is -0.162. The highest BCUT2D eigenvalue weighted by molar-refractivity contribution is 7.55. The van der Waals surface area contributed by atoms with Crippen LogP contribution in [0.25, 0.3) is 11.0 Å². The van der Waals surface area contributed by atoms with E-state index in [1.165, 1.54) is 25.6 Å². The van der Waals surface area contributed by atoms with Gasteiger partial charge < -0.3 is 47.7 Å². The number of methoxy groups -OCH3 is 1. The topological polar surface area (TPSA) is 195 Å². The van der Waals surface area contributed by atoms with E-state index in [0.29, 0.717) is 11.0 Å². The average Bonchev–Trinajstić information content (AvgIpc) is 3.80. The molecule has 0 bridgehead atoms. The van der Waals surface area contributed by atoms with Gasteiger partial charge in [-0.25, -0.2) is 9.48 Å². The van der Waals surface area contributed by atoms with Crippen LogP contribution in [0.1, 0.15) is 87.3 Å². The third-order valence-electron chi connectivity index (χ3n) is 8.85. The molecule has 4 rings (SSSR count). The van der Waals surface area contributed by atoms with Crippen molar-refractivity contribution in [2.75, 3.05) is 58.3 Å². The molecule has 0 radical (unpaired) electrons. The number of aromatic nitrogens is 4. The second-order valence-corrected chi connectivity index (χ2v) is 17.3. The van der Waals surface area contributed by atoms with Gasteiger partial charge in [-0.3, -0.25) is 9.46 Å². The van der Waals surface area contributed by atoms with Crippen molar-refractivity contribution in [1.82, 2.24) is 19.7 Å². The van der Waals surface area contributed by atoms with Gasteiger partial charge in [0.05, 0.1) is 63.9 Å². The molecule has 2 aromatic rings. The molecule has 2 N–H and O–H groups in total. The number of hydrogen-bond acceptors (Lipinski definition) is 15. The predicted octanol–water partition coefficient (Wildman–Crippen LogP) is 5.45. The Bertz CT molecular complexity index is 1540. The number of aliphatic hydroxyl groups is 2. The molecule has 1 amide bonds. The molecule has 0 spiro atoms. The first kappa shape index (κ1) is 43.7. The van der Waals surface area contributed by atoms with E-state index in [4.69, 9.17) is 49.1 Å². The van der Waals surface area contributed by atoms with E-state index in [-0.39, 0.29) is 56.8 Å². The maximum absolute atomic E-state index is 14.2. The van der Waals surface area contributed by atoms with Crippen molar-refractivity contribution in [3.8, 4) is 0 Å². The minimum Gasteiger partial charge on any atom is -0.443 e. The third-order valence-corrected chi connectivity index (χ3v) is 11.6. The fourth-order valence-electron chi connectivity index (χ4n) is 6.55. The van der Waals surface area contributed by atoms with Crippen molar-refractivity contribution < 1.29 is 57.0 Å². The molecule has 53 heavy (non-hydrogen) atoms. The fraction of sp³-hybridized carbons (Fsp3) is 0.824. The lowest BCUT2D eigenvalue weighted by Gasteiger charge is -2.38. The van der Waals surface area contributed by atoms with E-state index in [0.717, 1.165) is 25.7 Å². The summed E-state index contributed by atoms with van der Waals surface area (Å²) >= 11 is 6.55. The Morgan fingerprint density at radius 3 is 2.34 bits per heavy atom. The van der Waals surface area contributed by atoms with Gasteiger partial charge in [0.25, 0.3) is 0 Å². The van der Waals surface area contributed by atoms with E-state index >= 15 is 0 Å². The largest absolute Gasteiger partial charge is 0.443 e. The highest BCUT2D eigenvalue weighted by atomic mass is 35.5. The summed E-state index contributed by atoms with van der Waals surface area (Å²) in [6.45, 7) is 12.5. The van der Waals surface area contributed by atoms with Crippen molar-refractivity contribution >= 4 is 42.1 Å². The van der Waals surface area contributed by atoms with Gasteiger partial charge in [0, 0.05) is 19.1 Å². The predicted molar refractivity (Wildman–Crippen MR) is 195 cm³/mol. The molecule has 3 heterocycles. The number of nitrogens with zero attached hydrogens (tertiary/aromatic N) is 5. The number of carbonyl (C=O) groups is 1. The molecule has 1 saturated heterocycles. The molecule has 17 nitrogen and oxygen atoms in total. The lowest BCUT2D eigenvalue weighted by molar-refractivity contribution is -0.227. The second-order valence-electron chi connectivity index (χ2n) is 14.7. The van der Waals surface area contributed by atoms with Crippen LogP contribution in [0.5, 0.6) is 0 Å². The maximum atomic E-state index is 14.2. The highest BCUT2D eigenvalue weighted by Crippen LogP contribution is 2.61. The molecule has 1 aliphatic carbocycles. The molecule has 19 heteroatoms. The Hall–Kier alpha value is -2.02. The first-order valence-electron chi connectivity index (χ1n) is 18.1. The third kappa shape index (κ3) is 10.4. The maximum Gasteiger partial charge on any atom is 0.416 e. The van der Waals surface area contributed by atoms with Crippen LogP contribution in [-0.2, 0) is 42.0 Å². The molecule has 1 saturated carbocycles. The van der Waals surface area contributed by atoms with Crippen molar-refractivity contribution in [3.05, 3.63) is 11.5 Å². The number of anilines is 1. The molecule has 0 aromatic carbocycles. The number of hydrogen-bond donors (Lipinski definition) is 2. The van der Waals surface area contributed by atoms with Crippen LogP contribution in [0, 0.1) is 5.92 Å². The van der Waals surface area contributed by atoms with Gasteiger partial charge in [-0.2, -0.15) is 15.1 Å². The Labute approximate surface area is 316 Å². The average molecular weight is 794 g/mol. The summed E-state index contributed by atoms with van der Waals surface area (Å²) in [5.74, 6) is -1.83. The van der Waals surface area contributed by atoms with Crippen molar-refractivity contribution in [2.45, 2.75) is 122 Å². The number of rotatable bonds is 19. The SMILES string of the molecule is CCOP(=O)(OCC)C(CO)(COCCOC)OC[C@H]1O[C@@H](n2ncc3c(N(C(=O)OC(C)(C)C)C4CCCC4)nc(Cl)nc32)[C@H](C)[C@@H]1OC(C)(C)O. The molecule has 2 aliphatic rings. The molecule has 2 aromatic heterocycles. The second kappa shape index (κ2) is 18.3. The fourth-order valence-corrected chi connectivity index (χ4v) is 8.59. The van der Waals surface area contributed by atoms with Crippen LogP contribution in [0.4, 0.5) is 10.6 Å². The summed E-state index contributed by atoms with van der Waals surface area (Å²) in [5, 5.41) is 24.6. The summed E-state index contributed by atoms with van der Waals surface area (Å²) < 4.78 is 62.6. The lowest BCUT2D eigenvalue weighted by atomic mass is 10.0. The molecule has 1 aliphatic heterocycles. The monoisotopic (exact) mass is 793 g/mol. The smallest absolute Gasteiger partial charge is 0.416 e. The van der Waals surface area contributed by atoms with Crippen LogP contribution >= 0.6 is 19.2 Å². The van der Waals surface area contributed by atoms with E-state index in [9.17, 15) is 19.6 Å². The van der Waals surface area contributed by atoms with Crippen LogP contribution in [0.15, 0.2) is 6.20 Å². The van der Waals surface area contributed by atoms with Gasteiger partial charge >= 0.3 is 13.7 Å². The first-order valence-corrected chi connectivity index (χ1v) is 20.0. The minimum atomic E-state index is -4.16. The van der Waals surface area contributed by atoms with Gasteiger partial charge in [-0.1, -0.05) is 19.8 Å². The molecule has 2 fully saturated rings. The number of halogens is 1. The van der Waals surface area contributed by atoms with Crippen molar-refractivity contribution in [1.29, 1.82) is 0 Å². The van der Waals surface area contributed by atoms with E-state index in [2.05, 4.69) is 15.1 Å². The molecule has 302 valence electrons. The van der Waals surface area contributed by atoms with Crippen LogP contribution < -0.4 is 4.90 Å². The van der Waals surface area contributed by atoms with Gasteiger partial charge in [-0.05, 0) is 72.9 Å². The summed E-state index contributed by atoms with van der Waals surface area (Å²) in [7, 11) is -2.65. The van der Waals surface area contributed by atoms with Gasteiger partial charge in [-0.15, -0.1) is 0 Å². The Morgan fingerprint density at radius 2 is 1.77 bits per heavy atom. The Kier molecular flexibility index (Phi) is 15.1. The number of fused-ring (bicyclic) bond motifs is 1. The summed E-state index contributed by atoms with van der Waals surface area (Å²) in [5.41, 5.74) is -0.461. The van der Waals surface area contributed by atoms with Crippen molar-refractivity contribution in [3.63, 3.8) is 0 Å². The number of carbonyl (C=O) groups excluding carboxylic acids is 1. The standard InChI is InChI=1S/C34H57ClN5O12P/c1-10-48-53(44,49-11-2)34(20-41,21-46-17-16-45-9)47-19-25-26(51-33(7,8)43)22(3)29(50-25)40-28-24(18-36-40)27(37-30(35)38-28)39(23-14-12-13-15-23)31(42)52-32(4,5)6/h18,22-23,25-26,29,41,43H,10-17,19-21H2,1-9H3/t22-,25-,26+,29-,34?/m1/s1. The van der Waals surface area contributed by atoms with E-state index < -0.39 is 61.4 Å². The summed E-state index contributed by atoms with van der Waals surface area (Å²) in [6.07, 6.45) is 1.83. The zero-order valence-corrected chi connectivity index (χ0v) is 33.9. The Morgan fingerprint density at radius 1 is 1.11 bits per heavy atom. The van der Waals surface area contributed by atoms with E-state index in [1.54, 1.807) is 45.7 Å². The lowest BCUT2D eigenvalue weighted by Crippen LogP contribution is -2.47. The van der Waals surface area contributed by atoms with Crippen molar-refractivity contribution in [2.24, 2.45) is 5.92 Å². The van der Waals surface area contributed by atoms with Crippen LogP contribution in [-0.4, -0.2) is 124 Å². The van der Waals surface area contributed by atoms with Gasteiger partial charge in [0.2, 0.25) is 10.6 Å². The van der Waals surface area contributed by atoms with Crippen LogP contribution in [0.3, 0.4) is 0 Å². The summed E-state index contributed by atoms with van der Waals surface area (Å²) in [4.78, 5) is 24.2. The number of aliphatic hydroxyl groups excluding tert-OH is 1. The first-order chi connectivity index (χ1) is 24.9. The van der Waals surface area contributed by atoms with Gasteiger partial charge in [0.15, 0.2) is 23.5 Å². The minimum absolute atomic E-state index is 0.00874. The molecular weight excluding hydrogens is 737 g/mol. The van der Waals surface area contributed by atoms with Crippen LogP contribution in [0.2, 0.25) is 5.28 Å². The zero-order chi connectivity index (χ0) is 39.2.